The van der Waals surface area contributed by atoms with E-state index in [1.807, 2.05) is 0 Å². The van der Waals surface area contributed by atoms with Crippen molar-refractivity contribution in [1.29, 1.82) is 0 Å². The third-order valence-corrected chi connectivity index (χ3v) is 1.99. The summed E-state index contributed by atoms with van der Waals surface area (Å²) in [5.74, 6) is 0.759. The quantitative estimate of drug-likeness (QED) is 0.562. The van der Waals surface area contributed by atoms with Crippen LogP contribution in [0, 0.1) is 5.92 Å². The van der Waals surface area contributed by atoms with Gasteiger partial charge in [0.15, 0.2) is 0 Å². The lowest BCUT2D eigenvalue weighted by molar-refractivity contribution is 0.189. The van der Waals surface area contributed by atoms with Gasteiger partial charge >= 0.3 is 0 Å². The standard InChI is InChI=1S/C10H16O/c1-11-9-5-8-10-6-3-2-4-7-10/h2-4,6,10H,5,7-9H2,1H3. The zero-order chi connectivity index (χ0) is 7.94. The molecule has 0 saturated heterocycles. The molecule has 1 rings (SSSR count). The van der Waals surface area contributed by atoms with E-state index in [4.69, 9.17) is 4.74 Å². The smallest absolute Gasteiger partial charge is 0.0462 e. The van der Waals surface area contributed by atoms with Gasteiger partial charge < -0.3 is 4.74 Å². The van der Waals surface area contributed by atoms with Crippen LogP contribution in [0.5, 0.6) is 0 Å². The Morgan fingerprint density at radius 3 is 3.00 bits per heavy atom. The van der Waals surface area contributed by atoms with Crippen molar-refractivity contribution in [3.05, 3.63) is 24.3 Å². The molecule has 1 unspecified atom stereocenters. The van der Waals surface area contributed by atoms with Crippen molar-refractivity contribution >= 4 is 0 Å². The molecular formula is C10H16O. The van der Waals surface area contributed by atoms with Gasteiger partial charge in [0.05, 0.1) is 0 Å². The molecule has 1 heteroatoms. The van der Waals surface area contributed by atoms with Crippen LogP contribution in [0.1, 0.15) is 19.3 Å². The summed E-state index contributed by atoms with van der Waals surface area (Å²) in [5.41, 5.74) is 0. The Hall–Kier alpha value is -0.560. The molecule has 62 valence electrons. The van der Waals surface area contributed by atoms with Crippen molar-refractivity contribution in [3.8, 4) is 0 Å². The minimum Gasteiger partial charge on any atom is -0.385 e. The molecule has 1 nitrogen and oxygen atoms in total. The molecule has 0 aromatic carbocycles. The van der Waals surface area contributed by atoms with E-state index in [2.05, 4.69) is 24.3 Å². The number of rotatable bonds is 4. The normalized spacial score (nSPS) is 22.5. The highest BCUT2D eigenvalue weighted by molar-refractivity contribution is 5.10. The minimum atomic E-state index is 0.759. The number of allylic oxidation sites excluding steroid dienone is 4. The van der Waals surface area contributed by atoms with E-state index in [0.29, 0.717) is 0 Å². The molecule has 0 radical (unpaired) electrons. The summed E-state index contributed by atoms with van der Waals surface area (Å²) in [4.78, 5) is 0. The zero-order valence-corrected chi connectivity index (χ0v) is 7.12. The number of ether oxygens (including phenoxy) is 1. The van der Waals surface area contributed by atoms with E-state index < -0.39 is 0 Å². The molecule has 0 N–H and O–H groups in total. The maximum absolute atomic E-state index is 4.99. The van der Waals surface area contributed by atoms with Crippen LogP contribution in [0.4, 0.5) is 0 Å². The zero-order valence-electron chi connectivity index (χ0n) is 7.12. The Balaban J connectivity index is 2.07. The molecule has 0 fully saturated rings. The van der Waals surface area contributed by atoms with Crippen LogP contribution in [-0.4, -0.2) is 13.7 Å². The van der Waals surface area contributed by atoms with E-state index in [1.165, 1.54) is 19.3 Å². The summed E-state index contributed by atoms with van der Waals surface area (Å²) >= 11 is 0. The maximum Gasteiger partial charge on any atom is 0.0462 e. The van der Waals surface area contributed by atoms with Crippen LogP contribution in [0.3, 0.4) is 0 Å². The van der Waals surface area contributed by atoms with E-state index in [1.54, 1.807) is 7.11 Å². The average Bonchev–Trinajstić information content (AvgIpc) is 2.07. The van der Waals surface area contributed by atoms with Crippen LogP contribution >= 0.6 is 0 Å². The average molecular weight is 152 g/mol. The largest absolute Gasteiger partial charge is 0.385 e. The van der Waals surface area contributed by atoms with E-state index >= 15 is 0 Å². The molecule has 0 amide bonds. The van der Waals surface area contributed by atoms with E-state index in [0.717, 1.165) is 12.5 Å². The maximum atomic E-state index is 4.99. The second-order valence-electron chi connectivity index (χ2n) is 2.94. The SMILES string of the molecule is COCCCC1C=CC=CC1. The minimum absolute atomic E-state index is 0.759. The molecule has 0 aliphatic heterocycles. The molecular weight excluding hydrogens is 136 g/mol. The van der Waals surface area contributed by atoms with Gasteiger partial charge in [-0.25, -0.2) is 0 Å². The highest BCUT2D eigenvalue weighted by Crippen LogP contribution is 2.16. The fraction of sp³-hybridized carbons (Fsp3) is 0.600. The predicted octanol–water partition coefficient (Wildman–Crippen LogP) is 2.55. The van der Waals surface area contributed by atoms with Gasteiger partial charge in [0, 0.05) is 13.7 Å². The molecule has 1 aliphatic carbocycles. The van der Waals surface area contributed by atoms with Crippen molar-refractivity contribution in [2.24, 2.45) is 5.92 Å². The van der Waals surface area contributed by atoms with Gasteiger partial charge in [0.25, 0.3) is 0 Å². The third-order valence-electron chi connectivity index (χ3n) is 1.99. The Bertz CT molecular complexity index is 147. The van der Waals surface area contributed by atoms with Gasteiger partial charge in [-0.2, -0.15) is 0 Å². The molecule has 0 heterocycles. The van der Waals surface area contributed by atoms with Gasteiger partial charge in [-0.1, -0.05) is 24.3 Å². The lowest BCUT2D eigenvalue weighted by Gasteiger charge is -2.11. The van der Waals surface area contributed by atoms with E-state index in [9.17, 15) is 0 Å². The molecule has 0 aromatic heterocycles. The summed E-state index contributed by atoms with van der Waals surface area (Å²) in [5, 5.41) is 0. The monoisotopic (exact) mass is 152 g/mol. The first kappa shape index (κ1) is 8.54. The van der Waals surface area contributed by atoms with Crippen LogP contribution < -0.4 is 0 Å². The Kier molecular flexibility index (Phi) is 3.99. The highest BCUT2D eigenvalue weighted by Gasteiger charge is 2.03. The van der Waals surface area contributed by atoms with Gasteiger partial charge in [0.1, 0.15) is 0 Å². The Labute approximate surface area is 68.8 Å². The first-order chi connectivity index (χ1) is 5.43. The molecule has 0 spiro atoms. The van der Waals surface area contributed by atoms with Crippen molar-refractivity contribution in [2.45, 2.75) is 19.3 Å². The Morgan fingerprint density at radius 2 is 2.36 bits per heavy atom. The van der Waals surface area contributed by atoms with Crippen molar-refractivity contribution in [1.82, 2.24) is 0 Å². The summed E-state index contributed by atoms with van der Waals surface area (Å²) in [6, 6.07) is 0. The van der Waals surface area contributed by atoms with Crippen molar-refractivity contribution < 1.29 is 4.74 Å². The first-order valence-corrected chi connectivity index (χ1v) is 4.26. The first-order valence-electron chi connectivity index (χ1n) is 4.26. The number of hydrogen-bond acceptors (Lipinski definition) is 1. The fourth-order valence-electron chi connectivity index (χ4n) is 1.34. The van der Waals surface area contributed by atoms with Crippen LogP contribution in [0.15, 0.2) is 24.3 Å². The number of hydrogen-bond donors (Lipinski definition) is 0. The van der Waals surface area contributed by atoms with Gasteiger partial charge in [0.2, 0.25) is 0 Å². The topological polar surface area (TPSA) is 9.23 Å². The molecule has 0 bridgehead atoms. The predicted molar refractivity (Wildman–Crippen MR) is 47.5 cm³/mol. The van der Waals surface area contributed by atoms with Gasteiger partial charge in [-0.15, -0.1) is 0 Å². The number of methoxy groups -OCH3 is 1. The third kappa shape index (κ3) is 3.38. The summed E-state index contributed by atoms with van der Waals surface area (Å²) in [7, 11) is 1.76. The van der Waals surface area contributed by atoms with Crippen LogP contribution in [0.25, 0.3) is 0 Å². The Morgan fingerprint density at radius 1 is 1.45 bits per heavy atom. The highest BCUT2D eigenvalue weighted by atomic mass is 16.5. The molecule has 1 atom stereocenters. The van der Waals surface area contributed by atoms with Crippen molar-refractivity contribution in [2.75, 3.05) is 13.7 Å². The summed E-state index contributed by atoms with van der Waals surface area (Å²) in [6.07, 6.45) is 12.4. The fourth-order valence-corrected chi connectivity index (χ4v) is 1.34. The lowest BCUT2D eigenvalue weighted by Crippen LogP contribution is -1.99. The summed E-state index contributed by atoms with van der Waals surface area (Å²) < 4.78 is 4.99. The second kappa shape index (κ2) is 5.14. The molecule has 0 saturated carbocycles. The van der Waals surface area contributed by atoms with Crippen LogP contribution in [-0.2, 0) is 4.74 Å². The van der Waals surface area contributed by atoms with Crippen LogP contribution in [0.2, 0.25) is 0 Å². The lowest BCUT2D eigenvalue weighted by atomic mass is 9.96. The van der Waals surface area contributed by atoms with Crippen molar-refractivity contribution in [3.63, 3.8) is 0 Å². The molecule has 0 aromatic rings. The van der Waals surface area contributed by atoms with Gasteiger partial charge in [-0.05, 0) is 25.2 Å². The molecule has 11 heavy (non-hydrogen) atoms. The molecule has 1 aliphatic rings. The summed E-state index contributed by atoms with van der Waals surface area (Å²) in [6.45, 7) is 0.897. The second-order valence-corrected chi connectivity index (χ2v) is 2.94. The van der Waals surface area contributed by atoms with Gasteiger partial charge in [-0.3, -0.25) is 0 Å². The van der Waals surface area contributed by atoms with E-state index in [-0.39, 0.29) is 0 Å².